The number of benzene rings is 1. The summed E-state index contributed by atoms with van der Waals surface area (Å²) < 4.78 is 34.5. The van der Waals surface area contributed by atoms with Crippen molar-refractivity contribution in [2.45, 2.75) is 65.5 Å². The number of nitrogens with zero attached hydrogens (tertiary/aromatic N) is 3. The fourth-order valence-corrected chi connectivity index (χ4v) is 6.17. The van der Waals surface area contributed by atoms with E-state index in [0.717, 1.165) is 23.3 Å². The Morgan fingerprint density at radius 1 is 1.12 bits per heavy atom. The summed E-state index contributed by atoms with van der Waals surface area (Å²) in [6, 6.07) is 13.4. The largest absolute Gasteiger partial charge is 0.493 e. The number of hydrogen-bond acceptors (Lipinski definition) is 8. The van der Waals surface area contributed by atoms with E-state index < -0.39 is 26.9 Å². The second kappa shape index (κ2) is 12.1. The van der Waals surface area contributed by atoms with Gasteiger partial charge >= 0.3 is 0 Å². The third-order valence-electron chi connectivity index (χ3n) is 6.91. The SMILES string of the molecule is CC(=O)Nc1cccc(S(=O)(=O)NC(=O)c2ccc(-c3cc(C)cc(OCC(C)C)c3)nc2N2C[C@@H](C)CC2(C)C)n1. The van der Waals surface area contributed by atoms with Crippen molar-refractivity contribution in [3.05, 3.63) is 59.7 Å². The van der Waals surface area contributed by atoms with E-state index in [1.165, 1.54) is 25.1 Å². The Hall–Kier alpha value is -3.99. The van der Waals surface area contributed by atoms with Crippen LogP contribution >= 0.6 is 0 Å². The normalized spacial score (nSPS) is 16.4. The minimum absolute atomic E-state index is 0.0623. The van der Waals surface area contributed by atoms with E-state index in [0.29, 0.717) is 36.5 Å². The Balaban J connectivity index is 1.74. The van der Waals surface area contributed by atoms with E-state index in [9.17, 15) is 18.0 Å². The lowest BCUT2D eigenvalue weighted by Crippen LogP contribution is -2.41. The number of hydrogen-bond donors (Lipinski definition) is 2. The van der Waals surface area contributed by atoms with Crippen molar-refractivity contribution < 1.29 is 22.7 Å². The van der Waals surface area contributed by atoms with E-state index in [4.69, 9.17) is 9.72 Å². The molecule has 2 N–H and O–H groups in total. The minimum atomic E-state index is -4.36. The molecule has 1 fully saturated rings. The molecule has 0 saturated carbocycles. The van der Waals surface area contributed by atoms with E-state index >= 15 is 0 Å². The van der Waals surface area contributed by atoms with Gasteiger partial charge in [-0.05, 0) is 87.1 Å². The van der Waals surface area contributed by atoms with Crippen LogP contribution in [0.3, 0.4) is 0 Å². The average Bonchev–Trinajstić information content (AvgIpc) is 3.17. The van der Waals surface area contributed by atoms with Crippen molar-refractivity contribution >= 4 is 33.5 Å². The summed E-state index contributed by atoms with van der Waals surface area (Å²) in [7, 11) is -4.36. The molecular weight excluding hydrogens is 554 g/mol. The molecular formula is C31H39N5O5S. The molecule has 1 aliphatic rings. The van der Waals surface area contributed by atoms with Gasteiger partial charge in [0, 0.05) is 24.6 Å². The Bertz CT molecular complexity index is 1600. The van der Waals surface area contributed by atoms with E-state index in [2.05, 4.69) is 54.5 Å². The van der Waals surface area contributed by atoms with Gasteiger partial charge in [-0.3, -0.25) is 9.59 Å². The third kappa shape index (κ3) is 7.25. The number of ether oxygens (including phenoxy) is 1. The maximum Gasteiger partial charge on any atom is 0.281 e. The second-order valence-corrected chi connectivity index (χ2v) is 13.6. The molecule has 1 atom stereocenters. The van der Waals surface area contributed by atoms with Crippen molar-refractivity contribution in [2.24, 2.45) is 11.8 Å². The van der Waals surface area contributed by atoms with Gasteiger partial charge < -0.3 is 15.0 Å². The zero-order valence-electron chi connectivity index (χ0n) is 25.2. The van der Waals surface area contributed by atoms with Gasteiger partial charge in [-0.1, -0.05) is 26.8 Å². The number of rotatable bonds is 9. The predicted octanol–water partition coefficient (Wildman–Crippen LogP) is 5.19. The standard InChI is InChI=1S/C31H39N5O5S/c1-19(2)18-41-24-14-20(3)13-23(15-24)26-12-11-25(29(33-26)36-17-21(4)16-31(36,6)7)30(38)35-42(39,40)28-10-8-9-27(34-28)32-22(5)37/h8-15,19,21H,16-18H2,1-7H3,(H,35,38)(H,32,34,37)/t21-/m0/s1. The molecule has 0 unspecified atom stereocenters. The molecule has 0 aliphatic carbocycles. The number of nitrogens with one attached hydrogen (secondary N) is 2. The van der Waals surface area contributed by atoms with Crippen LogP contribution in [0.4, 0.5) is 11.6 Å². The average molecular weight is 594 g/mol. The topological polar surface area (TPSA) is 131 Å². The van der Waals surface area contributed by atoms with Crippen LogP contribution in [0.5, 0.6) is 5.75 Å². The molecule has 1 aliphatic heterocycles. The zero-order valence-corrected chi connectivity index (χ0v) is 26.0. The fraction of sp³-hybridized carbons (Fsp3) is 0.419. The van der Waals surface area contributed by atoms with Crippen molar-refractivity contribution in [3.63, 3.8) is 0 Å². The third-order valence-corrected chi connectivity index (χ3v) is 8.14. The lowest BCUT2D eigenvalue weighted by molar-refractivity contribution is -0.114. The molecule has 224 valence electrons. The summed E-state index contributed by atoms with van der Waals surface area (Å²) in [6.07, 6.45) is 0.885. The van der Waals surface area contributed by atoms with Gasteiger partial charge in [0.1, 0.15) is 17.4 Å². The molecule has 0 spiro atoms. The minimum Gasteiger partial charge on any atom is -0.493 e. The van der Waals surface area contributed by atoms with Crippen LogP contribution in [0.25, 0.3) is 11.3 Å². The summed E-state index contributed by atoms with van der Waals surface area (Å²) in [5.74, 6) is 0.700. The first-order chi connectivity index (χ1) is 19.6. The maximum atomic E-state index is 13.6. The molecule has 3 aromatic rings. The van der Waals surface area contributed by atoms with E-state index in [1.54, 1.807) is 12.1 Å². The smallest absolute Gasteiger partial charge is 0.281 e. The molecule has 1 saturated heterocycles. The molecule has 42 heavy (non-hydrogen) atoms. The van der Waals surface area contributed by atoms with Crippen molar-refractivity contribution in [2.75, 3.05) is 23.4 Å². The summed E-state index contributed by atoms with van der Waals surface area (Å²) in [5, 5.41) is 2.06. The summed E-state index contributed by atoms with van der Waals surface area (Å²) in [5.41, 5.74) is 2.30. The molecule has 0 bridgehead atoms. The fourth-order valence-electron chi connectivity index (χ4n) is 5.24. The first-order valence-electron chi connectivity index (χ1n) is 14.0. The zero-order chi connectivity index (χ0) is 30.8. The number of pyridine rings is 2. The highest BCUT2D eigenvalue weighted by Crippen LogP contribution is 2.38. The van der Waals surface area contributed by atoms with Gasteiger partial charge in [0.25, 0.3) is 15.9 Å². The van der Waals surface area contributed by atoms with Crippen molar-refractivity contribution in [1.82, 2.24) is 14.7 Å². The van der Waals surface area contributed by atoms with Crippen LogP contribution < -0.4 is 19.7 Å². The molecule has 3 heterocycles. The van der Waals surface area contributed by atoms with Gasteiger partial charge in [-0.25, -0.2) is 14.7 Å². The van der Waals surface area contributed by atoms with Crippen LogP contribution in [0.15, 0.2) is 53.6 Å². The summed E-state index contributed by atoms with van der Waals surface area (Å²) in [6.45, 7) is 15.0. The molecule has 2 amide bonds. The molecule has 11 heteroatoms. The van der Waals surface area contributed by atoms with Crippen LogP contribution in [-0.2, 0) is 14.8 Å². The lowest BCUT2D eigenvalue weighted by atomic mass is 9.97. The lowest BCUT2D eigenvalue weighted by Gasteiger charge is -2.34. The Morgan fingerprint density at radius 2 is 1.86 bits per heavy atom. The Labute approximate surface area is 248 Å². The highest BCUT2D eigenvalue weighted by Gasteiger charge is 2.39. The monoisotopic (exact) mass is 593 g/mol. The van der Waals surface area contributed by atoms with Crippen LogP contribution in [0.1, 0.15) is 63.9 Å². The van der Waals surface area contributed by atoms with Gasteiger partial charge in [-0.15, -0.1) is 0 Å². The van der Waals surface area contributed by atoms with Crippen molar-refractivity contribution in [1.29, 1.82) is 0 Å². The van der Waals surface area contributed by atoms with Crippen LogP contribution in [-0.4, -0.2) is 48.9 Å². The van der Waals surface area contributed by atoms with Crippen LogP contribution in [0, 0.1) is 18.8 Å². The van der Waals surface area contributed by atoms with Gasteiger partial charge in [-0.2, -0.15) is 8.42 Å². The van der Waals surface area contributed by atoms with Gasteiger partial charge in [0.15, 0.2) is 5.03 Å². The van der Waals surface area contributed by atoms with Gasteiger partial charge in [0.2, 0.25) is 5.91 Å². The second-order valence-electron chi connectivity index (χ2n) is 12.0. The highest BCUT2D eigenvalue weighted by molar-refractivity contribution is 7.90. The first kappa shape index (κ1) is 31.0. The van der Waals surface area contributed by atoms with Gasteiger partial charge in [0.05, 0.1) is 17.9 Å². The number of carbonyl (C=O) groups excluding carboxylic acids is 2. The maximum absolute atomic E-state index is 13.6. The Kier molecular flexibility index (Phi) is 8.91. The number of aryl methyl sites for hydroxylation is 1. The van der Waals surface area contributed by atoms with Crippen LogP contribution in [0.2, 0.25) is 0 Å². The number of sulfonamides is 1. The molecule has 2 aromatic heterocycles. The number of anilines is 2. The van der Waals surface area contributed by atoms with Crippen molar-refractivity contribution in [3.8, 4) is 17.0 Å². The van der Waals surface area contributed by atoms with E-state index in [1.807, 2.05) is 25.1 Å². The van der Waals surface area contributed by atoms with E-state index in [-0.39, 0.29) is 16.9 Å². The Morgan fingerprint density at radius 3 is 2.50 bits per heavy atom. The number of carbonyl (C=O) groups is 2. The molecule has 4 rings (SSSR count). The summed E-state index contributed by atoms with van der Waals surface area (Å²) >= 11 is 0. The predicted molar refractivity (Wildman–Crippen MR) is 163 cm³/mol. The quantitative estimate of drug-likeness (QED) is 0.347. The number of amides is 2. The molecule has 1 aromatic carbocycles. The highest BCUT2D eigenvalue weighted by atomic mass is 32.2. The number of aromatic nitrogens is 2. The molecule has 0 radical (unpaired) electrons. The first-order valence-corrected chi connectivity index (χ1v) is 15.5. The summed E-state index contributed by atoms with van der Waals surface area (Å²) in [4.78, 5) is 36.0. The molecule has 10 nitrogen and oxygen atoms in total.